The van der Waals surface area contributed by atoms with E-state index in [4.69, 9.17) is 0 Å². The maximum absolute atomic E-state index is 2.61. The minimum absolute atomic E-state index is 0.604. The number of hydrogen-bond donors (Lipinski definition) is 0. The summed E-state index contributed by atoms with van der Waals surface area (Å²) in [6.45, 7) is 17.2. The Labute approximate surface area is 129 Å². The number of hydrogen-bond acceptors (Lipinski definition) is 0. The minimum Gasteiger partial charge on any atom is -0.0651 e. The van der Waals surface area contributed by atoms with Crippen molar-refractivity contribution in [3.8, 4) is 0 Å². The molecule has 5 unspecified atom stereocenters. The van der Waals surface area contributed by atoms with Crippen LogP contribution in [0.3, 0.4) is 0 Å². The lowest BCUT2D eigenvalue weighted by molar-refractivity contribution is 0.0732. The molecule has 0 aromatic carbocycles. The Bertz CT molecular complexity index is 267. The average Bonchev–Trinajstić information content (AvgIpc) is 2.75. The van der Waals surface area contributed by atoms with E-state index in [1.54, 1.807) is 0 Å². The Morgan fingerprint density at radius 1 is 0.900 bits per heavy atom. The molecule has 0 amide bonds. The van der Waals surface area contributed by atoms with Crippen LogP contribution >= 0.6 is 0 Å². The van der Waals surface area contributed by atoms with Gasteiger partial charge in [0.25, 0.3) is 0 Å². The van der Waals surface area contributed by atoms with Crippen LogP contribution in [0.25, 0.3) is 0 Å². The van der Waals surface area contributed by atoms with Crippen LogP contribution in [0.1, 0.15) is 93.4 Å². The molecule has 120 valence electrons. The minimum atomic E-state index is 0.604. The highest BCUT2D eigenvalue weighted by Gasteiger charge is 2.48. The quantitative estimate of drug-likeness (QED) is 0.452. The Balaban J connectivity index is 2.65. The molecule has 0 heteroatoms. The lowest BCUT2D eigenvalue weighted by Gasteiger charge is -2.41. The monoisotopic (exact) mass is 280 g/mol. The largest absolute Gasteiger partial charge is 0.0651 e. The second-order valence-corrected chi connectivity index (χ2v) is 8.34. The van der Waals surface area contributed by atoms with Crippen LogP contribution in [-0.4, -0.2) is 0 Å². The fourth-order valence-corrected chi connectivity index (χ4v) is 5.02. The van der Waals surface area contributed by atoms with Crippen LogP contribution in [0.5, 0.6) is 0 Å². The highest BCUT2D eigenvalue weighted by Crippen LogP contribution is 2.56. The first-order valence-corrected chi connectivity index (χ1v) is 9.36. The molecule has 5 atom stereocenters. The Morgan fingerprint density at radius 2 is 1.45 bits per heavy atom. The highest BCUT2D eigenvalue weighted by molar-refractivity contribution is 4.97. The standard InChI is InChI=1S/C20H40/c1-8-16(5)18-13-14-19(20(18,7)9-2)17(6)12-10-11-15(3)4/h15-19H,8-14H2,1-7H3. The van der Waals surface area contributed by atoms with Crippen LogP contribution in [0.15, 0.2) is 0 Å². The van der Waals surface area contributed by atoms with E-state index >= 15 is 0 Å². The molecule has 0 heterocycles. The third kappa shape index (κ3) is 4.01. The van der Waals surface area contributed by atoms with Crippen LogP contribution in [-0.2, 0) is 0 Å². The summed E-state index contributed by atoms with van der Waals surface area (Å²) in [5.41, 5.74) is 0.604. The van der Waals surface area contributed by atoms with Crippen molar-refractivity contribution < 1.29 is 0 Å². The van der Waals surface area contributed by atoms with Gasteiger partial charge in [0.15, 0.2) is 0 Å². The molecule has 0 aromatic heterocycles. The zero-order chi connectivity index (χ0) is 15.3. The SMILES string of the molecule is CCC(C)C1CCC(C(C)CCCC(C)C)C1(C)CC. The molecule has 1 aliphatic carbocycles. The van der Waals surface area contributed by atoms with Gasteiger partial charge >= 0.3 is 0 Å². The van der Waals surface area contributed by atoms with Gasteiger partial charge in [-0.2, -0.15) is 0 Å². The van der Waals surface area contributed by atoms with E-state index in [1.807, 2.05) is 0 Å². The van der Waals surface area contributed by atoms with Crippen molar-refractivity contribution in [1.29, 1.82) is 0 Å². The van der Waals surface area contributed by atoms with Crippen LogP contribution in [0, 0.1) is 35.0 Å². The number of rotatable bonds is 8. The van der Waals surface area contributed by atoms with Gasteiger partial charge < -0.3 is 0 Å². The summed E-state index contributed by atoms with van der Waals surface area (Å²) in [6.07, 6.45) is 10.0. The van der Waals surface area contributed by atoms with Crippen molar-refractivity contribution in [3.05, 3.63) is 0 Å². The van der Waals surface area contributed by atoms with E-state index in [0.717, 1.165) is 29.6 Å². The summed E-state index contributed by atoms with van der Waals surface area (Å²) in [5.74, 6) is 4.64. The van der Waals surface area contributed by atoms with Gasteiger partial charge in [-0.05, 0) is 47.8 Å². The van der Waals surface area contributed by atoms with Gasteiger partial charge in [-0.15, -0.1) is 0 Å². The molecule has 0 nitrogen and oxygen atoms in total. The normalized spacial score (nSPS) is 33.6. The van der Waals surface area contributed by atoms with Crippen LogP contribution in [0.2, 0.25) is 0 Å². The van der Waals surface area contributed by atoms with Crippen molar-refractivity contribution in [3.63, 3.8) is 0 Å². The molecule has 0 saturated heterocycles. The van der Waals surface area contributed by atoms with E-state index in [9.17, 15) is 0 Å². The van der Waals surface area contributed by atoms with E-state index in [-0.39, 0.29) is 0 Å². The van der Waals surface area contributed by atoms with Crippen molar-refractivity contribution in [2.75, 3.05) is 0 Å². The van der Waals surface area contributed by atoms with E-state index in [0.29, 0.717) is 5.41 Å². The second-order valence-electron chi connectivity index (χ2n) is 8.34. The molecule has 1 aliphatic rings. The summed E-state index contributed by atoms with van der Waals surface area (Å²) in [6, 6.07) is 0. The third-order valence-corrected chi connectivity index (χ3v) is 6.70. The summed E-state index contributed by atoms with van der Waals surface area (Å²) < 4.78 is 0. The molecule has 0 aromatic rings. The first kappa shape index (κ1) is 18.1. The van der Waals surface area contributed by atoms with Crippen LogP contribution < -0.4 is 0 Å². The molecule has 0 bridgehead atoms. The van der Waals surface area contributed by atoms with Crippen molar-refractivity contribution >= 4 is 0 Å². The summed E-state index contributed by atoms with van der Waals surface area (Å²) in [7, 11) is 0. The predicted molar refractivity (Wildman–Crippen MR) is 91.9 cm³/mol. The van der Waals surface area contributed by atoms with Crippen LogP contribution in [0.4, 0.5) is 0 Å². The van der Waals surface area contributed by atoms with E-state index < -0.39 is 0 Å². The molecule has 1 fully saturated rings. The topological polar surface area (TPSA) is 0 Å². The van der Waals surface area contributed by atoms with Crippen molar-refractivity contribution in [2.24, 2.45) is 35.0 Å². The fraction of sp³-hybridized carbons (Fsp3) is 1.00. The van der Waals surface area contributed by atoms with Crippen molar-refractivity contribution in [1.82, 2.24) is 0 Å². The molecule has 1 saturated carbocycles. The zero-order valence-electron chi connectivity index (χ0n) is 15.3. The van der Waals surface area contributed by atoms with Gasteiger partial charge in [0.1, 0.15) is 0 Å². The molecular weight excluding hydrogens is 240 g/mol. The predicted octanol–water partition coefficient (Wildman–Crippen LogP) is 6.94. The summed E-state index contributed by atoms with van der Waals surface area (Å²) >= 11 is 0. The van der Waals surface area contributed by atoms with Gasteiger partial charge in [0, 0.05) is 0 Å². The first-order valence-electron chi connectivity index (χ1n) is 9.36. The Morgan fingerprint density at radius 3 is 1.90 bits per heavy atom. The lowest BCUT2D eigenvalue weighted by Crippen LogP contribution is -2.34. The third-order valence-electron chi connectivity index (χ3n) is 6.70. The lowest BCUT2D eigenvalue weighted by atomic mass is 9.63. The Kier molecular flexibility index (Phi) is 7.09. The summed E-state index contributed by atoms with van der Waals surface area (Å²) in [5, 5.41) is 0. The Hall–Kier alpha value is 0. The van der Waals surface area contributed by atoms with Gasteiger partial charge in [0.2, 0.25) is 0 Å². The van der Waals surface area contributed by atoms with E-state index in [2.05, 4.69) is 48.5 Å². The average molecular weight is 281 g/mol. The second kappa shape index (κ2) is 7.85. The van der Waals surface area contributed by atoms with Gasteiger partial charge in [-0.3, -0.25) is 0 Å². The molecule has 0 radical (unpaired) electrons. The smallest absolute Gasteiger partial charge is 0.0267 e. The maximum Gasteiger partial charge on any atom is -0.0267 e. The van der Waals surface area contributed by atoms with Gasteiger partial charge in [-0.1, -0.05) is 80.6 Å². The van der Waals surface area contributed by atoms with Gasteiger partial charge in [-0.25, -0.2) is 0 Å². The molecule has 0 spiro atoms. The first-order chi connectivity index (χ1) is 9.36. The summed E-state index contributed by atoms with van der Waals surface area (Å²) in [4.78, 5) is 0. The molecule has 1 rings (SSSR count). The van der Waals surface area contributed by atoms with E-state index in [1.165, 1.54) is 44.9 Å². The molecule has 20 heavy (non-hydrogen) atoms. The molecule has 0 aliphatic heterocycles. The zero-order valence-corrected chi connectivity index (χ0v) is 15.3. The van der Waals surface area contributed by atoms with Crippen molar-refractivity contribution in [2.45, 2.75) is 93.4 Å². The fourth-order valence-electron chi connectivity index (χ4n) is 5.02. The van der Waals surface area contributed by atoms with Gasteiger partial charge in [0.05, 0.1) is 0 Å². The maximum atomic E-state index is 2.61. The molecular formula is C20H40. The molecule has 0 N–H and O–H groups in total. The highest BCUT2D eigenvalue weighted by atomic mass is 14.5.